The molecule has 0 unspecified atom stereocenters. The normalized spacial score (nSPS) is 11.2. The van der Waals surface area contributed by atoms with E-state index in [1.54, 1.807) is 0 Å². The lowest BCUT2D eigenvalue weighted by Crippen LogP contribution is -2.03. The van der Waals surface area contributed by atoms with Gasteiger partial charge in [-0.1, -0.05) is 73.7 Å². The van der Waals surface area contributed by atoms with Gasteiger partial charge >= 0.3 is 0 Å². The number of aryl methyl sites for hydroxylation is 1. The van der Waals surface area contributed by atoms with Gasteiger partial charge in [0.05, 0.1) is 11.2 Å². The number of benzene rings is 3. The second kappa shape index (κ2) is 6.82. The number of nitrogens with one attached hydrogen (secondary N) is 1. The van der Waals surface area contributed by atoms with Crippen LogP contribution in [0, 0.1) is 0 Å². The first-order valence-corrected chi connectivity index (χ1v) is 9.52. The molecule has 4 nitrogen and oxygen atoms in total. The maximum Gasteiger partial charge on any atom is 0.168 e. The Kier molecular flexibility index (Phi) is 4.02. The second-order valence-corrected chi connectivity index (χ2v) is 6.79. The summed E-state index contributed by atoms with van der Waals surface area (Å²) in [6, 6.07) is 27.3. The highest BCUT2D eigenvalue weighted by molar-refractivity contribution is 5.88. The van der Waals surface area contributed by atoms with Crippen LogP contribution in [0.25, 0.3) is 39.1 Å². The molecular formula is C24H20N4. The highest BCUT2D eigenvalue weighted by Crippen LogP contribution is 2.29. The molecule has 0 fully saturated rings. The first-order chi connectivity index (χ1) is 13.8. The molecule has 2 aromatic heterocycles. The monoisotopic (exact) mass is 364 g/mol. The summed E-state index contributed by atoms with van der Waals surface area (Å²) in [6.07, 6.45) is 2.78. The van der Waals surface area contributed by atoms with Gasteiger partial charge in [-0.3, -0.25) is 4.57 Å². The lowest BCUT2D eigenvalue weighted by Gasteiger charge is -2.12. The molecule has 0 saturated heterocycles. The lowest BCUT2D eigenvalue weighted by atomic mass is 10.0. The third kappa shape index (κ3) is 2.70. The van der Waals surface area contributed by atoms with E-state index in [0.29, 0.717) is 0 Å². The fraction of sp³-hybridized carbons (Fsp3) is 0.0833. The Morgan fingerprint density at radius 3 is 2.29 bits per heavy atom. The molecular weight excluding hydrogens is 344 g/mol. The third-order valence-corrected chi connectivity index (χ3v) is 5.10. The van der Waals surface area contributed by atoms with Crippen molar-refractivity contribution < 1.29 is 0 Å². The van der Waals surface area contributed by atoms with Crippen molar-refractivity contribution in [1.29, 1.82) is 0 Å². The Balaban J connectivity index is 1.64. The molecule has 136 valence electrons. The molecule has 0 aliphatic rings. The minimum absolute atomic E-state index is 0.812. The van der Waals surface area contributed by atoms with Gasteiger partial charge in [0.1, 0.15) is 5.82 Å². The average Bonchev–Trinajstić information content (AvgIpc) is 3.41. The summed E-state index contributed by atoms with van der Waals surface area (Å²) in [4.78, 5) is 3.36. The molecule has 0 radical (unpaired) electrons. The molecule has 3 aromatic carbocycles. The van der Waals surface area contributed by atoms with Crippen molar-refractivity contribution in [2.75, 3.05) is 0 Å². The van der Waals surface area contributed by atoms with Gasteiger partial charge in [-0.2, -0.15) is 0 Å². The highest BCUT2D eigenvalue weighted by atomic mass is 15.3. The summed E-state index contributed by atoms with van der Waals surface area (Å²) >= 11 is 0. The Bertz CT molecular complexity index is 1230. The van der Waals surface area contributed by atoms with Crippen LogP contribution < -0.4 is 0 Å². The van der Waals surface area contributed by atoms with Crippen molar-refractivity contribution in [2.24, 2.45) is 0 Å². The molecule has 0 atom stereocenters. The number of hydrogen-bond acceptors (Lipinski definition) is 2. The summed E-state index contributed by atoms with van der Waals surface area (Å²) < 4.78 is 2.16. The molecule has 2 heterocycles. The van der Waals surface area contributed by atoms with Gasteiger partial charge in [-0.25, -0.2) is 0 Å². The van der Waals surface area contributed by atoms with Crippen LogP contribution in [0.1, 0.15) is 12.7 Å². The SMILES string of the molecule is CCc1nnc(-c2ccc(-c3ccccc3)cc2)n1-c1cccc2cc[nH]c12. The number of rotatable bonds is 4. The predicted molar refractivity (Wildman–Crippen MR) is 113 cm³/mol. The van der Waals surface area contributed by atoms with Gasteiger partial charge in [0.25, 0.3) is 0 Å². The predicted octanol–water partition coefficient (Wildman–Crippen LogP) is 5.65. The second-order valence-electron chi connectivity index (χ2n) is 6.79. The standard InChI is InChI=1S/C24H20N4/c1-2-22-26-27-24(28(22)21-10-6-9-19-15-16-25-23(19)21)20-13-11-18(12-14-20)17-7-4-3-5-8-17/h3-16,25H,2H2,1H3. The van der Waals surface area contributed by atoms with Crippen LogP contribution in [0.3, 0.4) is 0 Å². The van der Waals surface area contributed by atoms with Gasteiger partial charge in [0.2, 0.25) is 0 Å². The first-order valence-electron chi connectivity index (χ1n) is 9.52. The topological polar surface area (TPSA) is 46.5 Å². The number of aromatic nitrogens is 4. The first kappa shape index (κ1) is 16.5. The Morgan fingerprint density at radius 2 is 1.50 bits per heavy atom. The van der Waals surface area contributed by atoms with Crippen LogP contribution >= 0.6 is 0 Å². The zero-order chi connectivity index (χ0) is 18.9. The lowest BCUT2D eigenvalue weighted by molar-refractivity contribution is 0.887. The van der Waals surface area contributed by atoms with E-state index >= 15 is 0 Å². The van der Waals surface area contributed by atoms with Crippen molar-refractivity contribution >= 4 is 10.9 Å². The average molecular weight is 364 g/mol. The number of hydrogen-bond donors (Lipinski definition) is 1. The molecule has 0 spiro atoms. The van der Waals surface area contributed by atoms with E-state index in [1.165, 1.54) is 16.5 Å². The van der Waals surface area contributed by atoms with Crippen LogP contribution in [0.5, 0.6) is 0 Å². The maximum absolute atomic E-state index is 4.53. The fourth-order valence-electron chi connectivity index (χ4n) is 3.68. The summed E-state index contributed by atoms with van der Waals surface area (Å²) in [7, 11) is 0. The van der Waals surface area contributed by atoms with E-state index in [1.807, 2.05) is 12.3 Å². The number of fused-ring (bicyclic) bond motifs is 1. The van der Waals surface area contributed by atoms with E-state index < -0.39 is 0 Å². The van der Waals surface area contributed by atoms with Crippen LogP contribution in [-0.4, -0.2) is 19.7 Å². The molecule has 0 saturated carbocycles. The van der Waals surface area contributed by atoms with Gasteiger partial charge in [0.15, 0.2) is 5.82 Å². The van der Waals surface area contributed by atoms with Crippen LogP contribution in [-0.2, 0) is 6.42 Å². The van der Waals surface area contributed by atoms with Gasteiger partial charge in [-0.05, 0) is 23.3 Å². The van der Waals surface area contributed by atoms with Gasteiger partial charge in [-0.15, -0.1) is 10.2 Å². The fourth-order valence-corrected chi connectivity index (χ4v) is 3.68. The largest absolute Gasteiger partial charge is 0.359 e. The third-order valence-electron chi connectivity index (χ3n) is 5.10. The summed E-state index contributed by atoms with van der Waals surface area (Å²) in [6.45, 7) is 2.11. The zero-order valence-electron chi connectivity index (χ0n) is 15.6. The summed E-state index contributed by atoms with van der Waals surface area (Å²) in [5.41, 5.74) is 5.62. The molecule has 0 aliphatic carbocycles. The molecule has 0 aliphatic heterocycles. The molecule has 4 heteroatoms. The minimum atomic E-state index is 0.812. The zero-order valence-corrected chi connectivity index (χ0v) is 15.6. The van der Waals surface area contributed by atoms with Crippen molar-refractivity contribution in [2.45, 2.75) is 13.3 Å². The van der Waals surface area contributed by atoms with E-state index in [4.69, 9.17) is 0 Å². The van der Waals surface area contributed by atoms with Gasteiger partial charge < -0.3 is 4.98 Å². The summed E-state index contributed by atoms with van der Waals surface area (Å²) in [5, 5.41) is 10.2. The molecule has 0 amide bonds. The van der Waals surface area contributed by atoms with Crippen molar-refractivity contribution in [3.63, 3.8) is 0 Å². The Labute approximate surface area is 163 Å². The Morgan fingerprint density at radius 1 is 0.750 bits per heavy atom. The van der Waals surface area contributed by atoms with E-state index in [0.717, 1.165) is 34.8 Å². The molecule has 1 N–H and O–H groups in total. The van der Waals surface area contributed by atoms with Gasteiger partial charge in [0, 0.05) is 23.6 Å². The molecule has 5 aromatic rings. The number of nitrogens with zero attached hydrogens (tertiary/aromatic N) is 3. The maximum atomic E-state index is 4.53. The van der Waals surface area contributed by atoms with Crippen molar-refractivity contribution in [1.82, 2.24) is 19.7 Å². The summed E-state index contributed by atoms with van der Waals surface area (Å²) in [5.74, 6) is 1.81. The highest BCUT2D eigenvalue weighted by Gasteiger charge is 2.17. The van der Waals surface area contributed by atoms with E-state index in [-0.39, 0.29) is 0 Å². The molecule has 5 rings (SSSR count). The molecule has 28 heavy (non-hydrogen) atoms. The Hall–Kier alpha value is -3.66. The quantitative estimate of drug-likeness (QED) is 0.448. The smallest absolute Gasteiger partial charge is 0.168 e. The van der Waals surface area contributed by atoms with E-state index in [9.17, 15) is 0 Å². The number of aromatic amines is 1. The van der Waals surface area contributed by atoms with Crippen molar-refractivity contribution in [3.8, 4) is 28.2 Å². The number of para-hydroxylation sites is 1. The van der Waals surface area contributed by atoms with E-state index in [2.05, 4.69) is 99.5 Å². The number of H-pyrrole nitrogens is 1. The van der Waals surface area contributed by atoms with Crippen molar-refractivity contribution in [3.05, 3.63) is 90.9 Å². The molecule has 0 bridgehead atoms. The van der Waals surface area contributed by atoms with Crippen LogP contribution in [0.4, 0.5) is 0 Å². The van der Waals surface area contributed by atoms with Crippen LogP contribution in [0.2, 0.25) is 0 Å². The minimum Gasteiger partial charge on any atom is -0.359 e. The van der Waals surface area contributed by atoms with Crippen LogP contribution in [0.15, 0.2) is 85.1 Å².